The average Bonchev–Trinajstić information content (AvgIpc) is 3.52. The van der Waals surface area contributed by atoms with Crippen LogP contribution in [0.15, 0.2) is 97.3 Å². The first-order valence-electron chi connectivity index (χ1n) is 16.4. The number of benzene rings is 3. The summed E-state index contributed by atoms with van der Waals surface area (Å²) in [4.78, 5) is 39.9. The van der Waals surface area contributed by atoms with Gasteiger partial charge in [-0.2, -0.15) is 0 Å². The van der Waals surface area contributed by atoms with E-state index in [-0.39, 0.29) is 11.8 Å². The van der Waals surface area contributed by atoms with Crippen LogP contribution in [0.4, 0.5) is 23.0 Å². The second-order valence-corrected chi connectivity index (χ2v) is 12.2. The van der Waals surface area contributed by atoms with Gasteiger partial charge in [-0.3, -0.25) is 9.59 Å². The molecule has 48 heavy (non-hydrogen) atoms. The molecule has 3 aromatic carbocycles. The number of nitrogens with zero attached hydrogens (tertiary/aromatic N) is 3. The van der Waals surface area contributed by atoms with Crippen LogP contribution in [0.1, 0.15) is 55.8 Å². The van der Waals surface area contributed by atoms with Gasteiger partial charge in [-0.15, -0.1) is 0 Å². The molecule has 0 saturated carbocycles. The molecule has 0 unspecified atom stereocenters. The number of hydrogen-bond acceptors (Lipinski definition) is 6. The minimum atomic E-state index is -0.275. The number of carbonyl (C=O) groups is 2. The van der Waals surface area contributed by atoms with Gasteiger partial charge in [0.2, 0.25) is 11.9 Å². The number of unbranched alkanes of at least 4 members (excludes halogenated alkanes) is 5. The predicted octanol–water partition coefficient (Wildman–Crippen LogP) is 9.06. The van der Waals surface area contributed by atoms with E-state index in [0.717, 1.165) is 29.6 Å². The minimum absolute atomic E-state index is 0.206. The lowest BCUT2D eigenvalue weighted by Crippen LogP contribution is -2.20. The second kappa shape index (κ2) is 17.2. The number of rotatable bonds is 16. The van der Waals surface area contributed by atoms with Gasteiger partial charge in [-0.1, -0.05) is 81.0 Å². The maximum atomic E-state index is 13.0. The average molecular weight is 664 g/mol. The number of aromatic nitrogens is 3. The monoisotopic (exact) mass is 663 g/mol. The van der Waals surface area contributed by atoms with Crippen LogP contribution in [0.25, 0.3) is 22.2 Å². The van der Waals surface area contributed by atoms with E-state index >= 15 is 0 Å². The molecule has 0 fully saturated rings. The van der Waals surface area contributed by atoms with Gasteiger partial charge in [0.15, 0.2) is 0 Å². The third kappa shape index (κ3) is 9.76. The van der Waals surface area contributed by atoms with Crippen LogP contribution in [-0.2, 0) is 4.79 Å². The summed E-state index contributed by atoms with van der Waals surface area (Å²) in [6, 6.07) is 22.0. The van der Waals surface area contributed by atoms with Gasteiger partial charge >= 0.3 is 0 Å². The van der Waals surface area contributed by atoms with Gasteiger partial charge in [0.1, 0.15) is 0 Å². The Labute approximate surface area is 286 Å². The summed E-state index contributed by atoms with van der Waals surface area (Å²) in [5.74, 6) is -0.110. The molecule has 0 radical (unpaired) electrons. The quantitative estimate of drug-likeness (QED) is 0.0618. The molecule has 0 bridgehead atoms. The van der Waals surface area contributed by atoms with Crippen LogP contribution in [0, 0.1) is 0 Å². The summed E-state index contributed by atoms with van der Waals surface area (Å²) in [6.45, 7) is 3.97. The van der Waals surface area contributed by atoms with Gasteiger partial charge in [-0.05, 0) is 68.5 Å². The minimum Gasteiger partial charge on any atom is -0.360 e. The summed E-state index contributed by atoms with van der Waals surface area (Å²) >= 11 is 6.49. The van der Waals surface area contributed by atoms with Crippen LogP contribution in [-0.4, -0.2) is 51.8 Å². The molecule has 10 heteroatoms. The first kappa shape index (κ1) is 34.3. The maximum absolute atomic E-state index is 13.0. The van der Waals surface area contributed by atoms with E-state index in [1.807, 2.05) is 48.7 Å². The zero-order valence-electron chi connectivity index (χ0n) is 27.4. The highest BCUT2D eigenvalue weighted by Gasteiger charge is 2.14. The molecule has 5 aromatic rings. The second-order valence-electron chi connectivity index (χ2n) is 11.8. The molecular formula is C38H42ClN7O2. The maximum Gasteiger partial charge on any atom is 0.255 e. The molecular weight excluding hydrogens is 622 g/mol. The van der Waals surface area contributed by atoms with E-state index in [0.29, 0.717) is 39.3 Å². The summed E-state index contributed by atoms with van der Waals surface area (Å²) in [6.07, 6.45) is 14.5. The Bertz CT molecular complexity index is 1850. The summed E-state index contributed by atoms with van der Waals surface area (Å²) in [5.41, 5.74) is 4.85. The molecule has 0 saturated heterocycles. The van der Waals surface area contributed by atoms with Crippen LogP contribution < -0.4 is 16.0 Å². The normalized spacial score (nSPS) is 11.3. The Kier molecular flexibility index (Phi) is 12.3. The Balaban J connectivity index is 1.11. The number of anilines is 4. The zero-order valence-corrected chi connectivity index (χ0v) is 28.2. The number of nitrogens with one attached hydrogen (secondary N) is 4. The fourth-order valence-electron chi connectivity index (χ4n) is 5.37. The lowest BCUT2D eigenvalue weighted by Gasteiger charge is -2.13. The third-order valence-corrected chi connectivity index (χ3v) is 8.24. The highest BCUT2D eigenvalue weighted by Crippen LogP contribution is 2.33. The largest absolute Gasteiger partial charge is 0.360 e. The molecule has 0 atom stereocenters. The number of halogens is 1. The molecule has 248 valence electrons. The van der Waals surface area contributed by atoms with Crippen molar-refractivity contribution in [2.24, 2.45) is 0 Å². The van der Waals surface area contributed by atoms with Crippen molar-refractivity contribution >= 4 is 57.3 Å². The predicted molar refractivity (Wildman–Crippen MR) is 197 cm³/mol. The molecule has 2 aromatic heterocycles. The summed E-state index contributed by atoms with van der Waals surface area (Å²) < 4.78 is 0. The number of fused-ring (bicyclic) bond motifs is 1. The number of para-hydroxylation sites is 1. The number of amides is 2. The van der Waals surface area contributed by atoms with Crippen LogP contribution in [0.5, 0.6) is 0 Å². The molecule has 0 spiro atoms. The highest BCUT2D eigenvalue weighted by atomic mass is 35.5. The van der Waals surface area contributed by atoms with Crippen molar-refractivity contribution < 1.29 is 9.59 Å². The fraction of sp³-hybridized carbons (Fsp3) is 0.263. The van der Waals surface area contributed by atoms with Crippen molar-refractivity contribution in [2.45, 2.75) is 45.4 Å². The van der Waals surface area contributed by atoms with Gasteiger partial charge in [0, 0.05) is 57.9 Å². The van der Waals surface area contributed by atoms with Gasteiger partial charge in [0.05, 0.1) is 16.9 Å². The molecule has 0 aliphatic carbocycles. The lowest BCUT2D eigenvalue weighted by molar-refractivity contribution is -0.111. The number of aromatic amines is 1. The molecule has 4 N–H and O–H groups in total. The van der Waals surface area contributed by atoms with E-state index in [2.05, 4.69) is 49.8 Å². The van der Waals surface area contributed by atoms with Crippen molar-refractivity contribution in [3.05, 3.63) is 108 Å². The van der Waals surface area contributed by atoms with Gasteiger partial charge < -0.3 is 25.8 Å². The van der Waals surface area contributed by atoms with E-state index in [4.69, 9.17) is 11.6 Å². The van der Waals surface area contributed by atoms with Crippen molar-refractivity contribution in [3.8, 4) is 11.3 Å². The van der Waals surface area contributed by atoms with Gasteiger partial charge in [-0.25, -0.2) is 9.97 Å². The lowest BCUT2D eigenvalue weighted by atomic mass is 10.1. The fourth-order valence-corrected chi connectivity index (χ4v) is 5.57. The van der Waals surface area contributed by atoms with E-state index < -0.39 is 0 Å². The Morgan fingerprint density at radius 1 is 0.896 bits per heavy atom. The summed E-state index contributed by atoms with van der Waals surface area (Å²) in [7, 11) is 2.07. The van der Waals surface area contributed by atoms with Crippen LogP contribution in [0.2, 0.25) is 5.02 Å². The van der Waals surface area contributed by atoms with Crippen LogP contribution >= 0.6 is 11.6 Å². The van der Waals surface area contributed by atoms with E-state index in [1.165, 1.54) is 38.5 Å². The Morgan fingerprint density at radius 2 is 1.67 bits per heavy atom. The van der Waals surface area contributed by atoms with E-state index in [9.17, 15) is 9.59 Å². The van der Waals surface area contributed by atoms with Crippen molar-refractivity contribution in [1.29, 1.82) is 0 Å². The zero-order chi connectivity index (χ0) is 33.7. The van der Waals surface area contributed by atoms with E-state index in [1.54, 1.807) is 48.7 Å². The molecule has 2 heterocycles. The molecule has 5 rings (SSSR count). The topological polar surface area (TPSA) is 115 Å². The third-order valence-electron chi connectivity index (χ3n) is 7.96. The van der Waals surface area contributed by atoms with Gasteiger partial charge in [0.25, 0.3) is 5.91 Å². The molecule has 2 amide bonds. The first-order valence-corrected chi connectivity index (χ1v) is 16.8. The summed E-state index contributed by atoms with van der Waals surface area (Å²) in [5, 5.41) is 10.4. The first-order chi connectivity index (χ1) is 23.4. The SMILES string of the molecule is CCCCCCCCN(C)C/C=C/C(=O)Nc1ccc(C(=O)Nc2cccc(Nc3ncc(Cl)c(-c4c[nH]c5ccccc45)n3)c2)cc1. The van der Waals surface area contributed by atoms with Crippen molar-refractivity contribution in [1.82, 2.24) is 19.9 Å². The van der Waals surface area contributed by atoms with Crippen molar-refractivity contribution in [3.63, 3.8) is 0 Å². The highest BCUT2D eigenvalue weighted by molar-refractivity contribution is 6.33. The molecule has 9 nitrogen and oxygen atoms in total. The smallest absolute Gasteiger partial charge is 0.255 e. The van der Waals surface area contributed by atoms with Crippen molar-refractivity contribution in [2.75, 3.05) is 36.1 Å². The van der Waals surface area contributed by atoms with Crippen LogP contribution in [0.3, 0.4) is 0 Å². The number of hydrogen-bond donors (Lipinski definition) is 4. The molecule has 0 aliphatic rings. The Morgan fingerprint density at radius 3 is 2.50 bits per heavy atom. The number of carbonyl (C=O) groups excluding carboxylic acids is 2. The number of likely N-dealkylation sites (N-methyl/N-ethyl adjacent to an activating group) is 1. The standard InChI is InChI=1S/C38H42ClN7O2/c1-3-4-5-6-7-10-22-46(2)23-12-17-35(47)42-28-20-18-27(19-21-28)37(48)43-29-13-11-14-30(24-29)44-38-41-26-33(39)36(45-38)32-25-40-34-16-9-8-15-31(32)34/h8-9,11-21,24-26,40H,3-7,10,22-23H2,1-2H3,(H,42,47)(H,43,48)(H,41,44,45)/b17-12+. The molecule has 0 aliphatic heterocycles. The number of H-pyrrole nitrogens is 1. The Hall–Kier alpha value is -4.99.